The number of nitrogens with one attached hydrogen (secondary N) is 1. The third-order valence-electron chi connectivity index (χ3n) is 1.90. The second kappa shape index (κ2) is 2.34. The Morgan fingerprint density at radius 2 is 2.36 bits per heavy atom. The van der Waals surface area contributed by atoms with Crippen LogP contribution in [0.4, 0.5) is 11.4 Å². The minimum Gasteiger partial charge on any atom is -0.366 e. The molecule has 0 unspecified atom stereocenters. The van der Waals surface area contributed by atoms with Crippen LogP contribution < -0.4 is 10.2 Å². The lowest BCUT2D eigenvalue weighted by atomic mass is 10.3. The summed E-state index contributed by atoms with van der Waals surface area (Å²) < 4.78 is 0. The van der Waals surface area contributed by atoms with Crippen LogP contribution >= 0.6 is 12.6 Å². The first-order valence-corrected chi connectivity index (χ1v) is 4.00. The molecule has 0 radical (unpaired) electrons. The van der Waals surface area contributed by atoms with Gasteiger partial charge < -0.3 is 10.2 Å². The average molecular weight is 166 g/mol. The highest BCUT2D eigenvalue weighted by atomic mass is 32.1. The van der Waals surface area contributed by atoms with Gasteiger partial charge in [-0.1, -0.05) is 0 Å². The minimum atomic E-state index is 0.895. The maximum absolute atomic E-state index is 4.25. The van der Waals surface area contributed by atoms with Crippen molar-refractivity contribution >= 4 is 24.0 Å². The Kier molecular flexibility index (Phi) is 1.46. The first-order chi connectivity index (χ1) is 5.27. The zero-order valence-electron chi connectivity index (χ0n) is 6.33. The van der Waals surface area contributed by atoms with Crippen molar-refractivity contribution in [3.05, 3.63) is 18.2 Å². The van der Waals surface area contributed by atoms with E-state index < -0.39 is 0 Å². The fourth-order valence-electron chi connectivity index (χ4n) is 1.29. The van der Waals surface area contributed by atoms with Gasteiger partial charge in [0.2, 0.25) is 0 Å². The fraction of sp³-hybridized carbons (Fsp3) is 0.250. The van der Waals surface area contributed by atoms with Crippen LogP contribution in [0, 0.1) is 0 Å². The fourth-order valence-corrected chi connectivity index (χ4v) is 1.49. The van der Waals surface area contributed by atoms with Gasteiger partial charge >= 0.3 is 0 Å². The van der Waals surface area contributed by atoms with Gasteiger partial charge in [0.25, 0.3) is 0 Å². The molecule has 1 N–H and O–H groups in total. The second-order valence-electron chi connectivity index (χ2n) is 2.73. The predicted molar refractivity (Wildman–Crippen MR) is 50.6 cm³/mol. The molecule has 2 nitrogen and oxygen atoms in total. The monoisotopic (exact) mass is 166 g/mol. The normalized spacial score (nSPS) is 14.5. The molecule has 1 aromatic rings. The number of benzene rings is 1. The van der Waals surface area contributed by atoms with E-state index in [1.807, 2.05) is 12.1 Å². The third kappa shape index (κ3) is 1.05. The van der Waals surface area contributed by atoms with E-state index in [-0.39, 0.29) is 0 Å². The Morgan fingerprint density at radius 1 is 1.55 bits per heavy atom. The van der Waals surface area contributed by atoms with Crippen LogP contribution in [0.1, 0.15) is 0 Å². The minimum absolute atomic E-state index is 0.895. The highest BCUT2D eigenvalue weighted by molar-refractivity contribution is 7.80. The third-order valence-corrected chi connectivity index (χ3v) is 2.18. The molecule has 0 spiro atoms. The van der Waals surface area contributed by atoms with Gasteiger partial charge in [0, 0.05) is 11.9 Å². The van der Waals surface area contributed by atoms with Crippen LogP contribution in [0.3, 0.4) is 0 Å². The van der Waals surface area contributed by atoms with Crippen molar-refractivity contribution in [2.45, 2.75) is 4.90 Å². The van der Waals surface area contributed by atoms with Gasteiger partial charge in [-0.05, 0) is 18.2 Å². The molecule has 3 heteroatoms. The van der Waals surface area contributed by atoms with Crippen molar-refractivity contribution in [1.29, 1.82) is 0 Å². The standard InChI is InChI=1S/C8H10N2S/c1-10-5-9-7-4-6(11)2-3-8(7)10/h2-4,9,11H,5H2,1H3. The number of fused-ring (bicyclic) bond motifs is 1. The molecule has 0 saturated heterocycles. The van der Waals surface area contributed by atoms with Crippen LogP contribution in [0.15, 0.2) is 23.1 Å². The van der Waals surface area contributed by atoms with Crippen molar-refractivity contribution in [2.24, 2.45) is 0 Å². The van der Waals surface area contributed by atoms with Crippen molar-refractivity contribution in [2.75, 3.05) is 23.9 Å². The lowest BCUT2D eigenvalue weighted by molar-refractivity contribution is 1.03. The van der Waals surface area contributed by atoms with Gasteiger partial charge in [-0.15, -0.1) is 12.6 Å². The molecule has 0 bridgehead atoms. The zero-order valence-corrected chi connectivity index (χ0v) is 7.23. The summed E-state index contributed by atoms with van der Waals surface area (Å²) in [6, 6.07) is 6.13. The van der Waals surface area contributed by atoms with Gasteiger partial charge in [0.15, 0.2) is 0 Å². The smallest absolute Gasteiger partial charge is 0.0874 e. The molecule has 1 aliphatic heterocycles. The van der Waals surface area contributed by atoms with E-state index >= 15 is 0 Å². The van der Waals surface area contributed by atoms with Crippen LogP contribution in [0.5, 0.6) is 0 Å². The summed E-state index contributed by atoms with van der Waals surface area (Å²) in [7, 11) is 2.07. The van der Waals surface area contributed by atoms with E-state index in [1.165, 1.54) is 11.4 Å². The first-order valence-electron chi connectivity index (χ1n) is 3.55. The molecule has 58 valence electrons. The molecular formula is C8H10N2S. The van der Waals surface area contributed by atoms with Crippen LogP contribution in [-0.2, 0) is 0 Å². The molecule has 1 aliphatic rings. The van der Waals surface area contributed by atoms with Crippen molar-refractivity contribution in [3.63, 3.8) is 0 Å². The number of nitrogens with zero attached hydrogens (tertiary/aromatic N) is 1. The summed E-state index contributed by atoms with van der Waals surface area (Å²) in [6.07, 6.45) is 0. The predicted octanol–water partition coefficient (Wildman–Crippen LogP) is 1.79. The molecule has 1 heterocycles. The molecular weight excluding hydrogens is 156 g/mol. The Bertz CT molecular complexity index is 285. The maximum Gasteiger partial charge on any atom is 0.0874 e. The number of thiol groups is 1. The van der Waals surface area contributed by atoms with Gasteiger partial charge in [-0.2, -0.15) is 0 Å². The van der Waals surface area contributed by atoms with E-state index in [1.54, 1.807) is 0 Å². The van der Waals surface area contributed by atoms with Crippen LogP contribution in [0.25, 0.3) is 0 Å². The first kappa shape index (κ1) is 6.85. The van der Waals surface area contributed by atoms with E-state index in [4.69, 9.17) is 0 Å². The van der Waals surface area contributed by atoms with E-state index in [2.05, 4.69) is 36.0 Å². The number of hydrogen-bond donors (Lipinski definition) is 2. The Balaban J connectivity index is 2.50. The summed E-state index contributed by atoms with van der Waals surface area (Å²) >= 11 is 4.25. The Morgan fingerprint density at radius 3 is 3.18 bits per heavy atom. The van der Waals surface area contributed by atoms with E-state index in [9.17, 15) is 0 Å². The van der Waals surface area contributed by atoms with Gasteiger partial charge in [0.1, 0.15) is 0 Å². The molecule has 0 fully saturated rings. The summed E-state index contributed by atoms with van der Waals surface area (Å²) in [4.78, 5) is 3.18. The number of rotatable bonds is 0. The van der Waals surface area contributed by atoms with Crippen molar-refractivity contribution in [3.8, 4) is 0 Å². The summed E-state index contributed by atoms with van der Waals surface area (Å²) in [6.45, 7) is 0.895. The maximum atomic E-state index is 4.25. The SMILES string of the molecule is CN1CNc2cc(S)ccc21. The van der Waals surface area contributed by atoms with E-state index in [0.29, 0.717) is 0 Å². The van der Waals surface area contributed by atoms with Gasteiger partial charge in [-0.3, -0.25) is 0 Å². The van der Waals surface area contributed by atoms with Crippen LogP contribution in [0.2, 0.25) is 0 Å². The van der Waals surface area contributed by atoms with Crippen molar-refractivity contribution < 1.29 is 0 Å². The molecule has 2 rings (SSSR count). The number of hydrogen-bond acceptors (Lipinski definition) is 3. The molecule has 11 heavy (non-hydrogen) atoms. The molecule has 0 atom stereocenters. The molecule has 1 aromatic carbocycles. The van der Waals surface area contributed by atoms with Gasteiger partial charge in [0.05, 0.1) is 18.0 Å². The lowest BCUT2D eigenvalue weighted by Crippen LogP contribution is -2.15. The molecule has 0 saturated carbocycles. The highest BCUT2D eigenvalue weighted by Crippen LogP contribution is 2.31. The average Bonchev–Trinajstić information content (AvgIpc) is 2.32. The Labute approximate surface area is 71.6 Å². The second-order valence-corrected chi connectivity index (χ2v) is 3.25. The molecule has 0 aliphatic carbocycles. The van der Waals surface area contributed by atoms with Gasteiger partial charge in [-0.25, -0.2) is 0 Å². The quantitative estimate of drug-likeness (QED) is 0.571. The molecule has 0 amide bonds. The van der Waals surface area contributed by atoms with Crippen molar-refractivity contribution in [1.82, 2.24) is 0 Å². The largest absolute Gasteiger partial charge is 0.366 e. The molecule has 0 aromatic heterocycles. The summed E-state index contributed by atoms with van der Waals surface area (Å²) in [5.41, 5.74) is 2.43. The van der Waals surface area contributed by atoms with E-state index in [0.717, 1.165) is 11.6 Å². The lowest BCUT2D eigenvalue weighted by Gasteiger charge is -2.08. The topological polar surface area (TPSA) is 15.3 Å². The Hall–Kier alpha value is -0.830. The summed E-state index contributed by atoms with van der Waals surface area (Å²) in [5.74, 6) is 0. The van der Waals surface area contributed by atoms with Crippen LogP contribution in [-0.4, -0.2) is 13.7 Å². The highest BCUT2D eigenvalue weighted by Gasteiger charge is 2.13. The summed E-state index contributed by atoms with van der Waals surface area (Å²) in [5, 5.41) is 3.27. The number of anilines is 2. The zero-order chi connectivity index (χ0) is 7.84.